The van der Waals surface area contributed by atoms with E-state index in [9.17, 15) is 0 Å². The van der Waals surface area contributed by atoms with E-state index in [1.54, 1.807) is 23.0 Å². The van der Waals surface area contributed by atoms with Gasteiger partial charge in [0.25, 0.3) is 0 Å². The average molecular weight is 263 g/mol. The standard InChI is InChI=1S/C10H7BrN4/c11-8-1-2-9(7(5-8)6-12)15-4-3-10(13)14-15/h1-5H,(H2,13,14). The van der Waals surface area contributed by atoms with Crippen LogP contribution in [0.3, 0.4) is 0 Å². The molecule has 2 aromatic rings. The van der Waals surface area contributed by atoms with Gasteiger partial charge in [-0.05, 0) is 18.2 Å². The molecule has 0 saturated carbocycles. The lowest BCUT2D eigenvalue weighted by molar-refractivity contribution is 0.882. The van der Waals surface area contributed by atoms with Crippen LogP contribution in [-0.4, -0.2) is 9.78 Å². The predicted molar refractivity (Wildman–Crippen MR) is 60.4 cm³/mol. The maximum Gasteiger partial charge on any atom is 0.145 e. The monoisotopic (exact) mass is 262 g/mol. The zero-order valence-electron chi connectivity index (χ0n) is 7.68. The number of anilines is 1. The molecule has 74 valence electrons. The number of hydrogen-bond donors (Lipinski definition) is 1. The zero-order valence-corrected chi connectivity index (χ0v) is 9.27. The fourth-order valence-electron chi connectivity index (χ4n) is 1.27. The van der Waals surface area contributed by atoms with Crippen molar-refractivity contribution in [3.63, 3.8) is 0 Å². The molecule has 0 aliphatic heterocycles. The first kappa shape index (κ1) is 9.74. The molecule has 0 aliphatic rings. The molecule has 0 atom stereocenters. The first-order valence-electron chi connectivity index (χ1n) is 4.22. The number of rotatable bonds is 1. The summed E-state index contributed by atoms with van der Waals surface area (Å²) in [4.78, 5) is 0. The van der Waals surface area contributed by atoms with Crippen molar-refractivity contribution in [2.75, 3.05) is 5.73 Å². The number of benzene rings is 1. The van der Waals surface area contributed by atoms with E-state index in [1.165, 1.54) is 0 Å². The highest BCUT2D eigenvalue weighted by Gasteiger charge is 2.05. The largest absolute Gasteiger partial charge is 0.382 e. The maximum absolute atomic E-state index is 8.97. The van der Waals surface area contributed by atoms with Gasteiger partial charge in [0.1, 0.15) is 11.9 Å². The van der Waals surface area contributed by atoms with E-state index < -0.39 is 0 Å². The lowest BCUT2D eigenvalue weighted by Crippen LogP contribution is -1.99. The Labute approximate surface area is 95.1 Å². The number of nitrogen functional groups attached to an aromatic ring is 1. The first-order valence-corrected chi connectivity index (χ1v) is 5.01. The molecule has 0 saturated heterocycles. The molecule has 0 fully saturated rings. The quantitative estimate of drug-likeness (QED) is 0.856. The third kappa shape index (κ3) is 1.85. The van der Waals surface area contributed by atoms with E-state index in [1.807, 2.05) is 12.1 Å². The van der Waals surface area contributed by atoms with Crippen molar-refractivity contribution >= 4 is 21.7 Å². The molecule has 1 aromatic carbocycles. The Morgan fingerprint density at radius 1 is 1.40 bits per heavy atom. The Bertz CT molecular complexity index is 539. The topological polar surface area (TPSA) is 67.6 Å². The minimum absolute atomic E-state index is 0.432. The van der Waals surface area contributed by atoms with Gasteiger partial charge in [-0.25, -0.2) is 4.68 Å². The second-order valence-electron chi connectivity index (χ2n) is 2.96. The fraction of sp³-hybridized carbons (Fsp3) is 0. The zero-order chi connectivity index (χ0) is 10.8. The van der Waals surface area contributed by atoms with Crippen LogP contribution < -0.4 is 5.73 Å². The van der Waals surface area contributed by atoms with Gasteiger partial charge in [0.2, 0.25) is 0 Å². The molecule has 0 unspecified atom stereocenters. The summed E-state index contributed by atoms with van der Waals surface area (Å²) in [5.41, 5.74) is 6.78. The summed E-state index contributed by atoms with van der Waals surface area (Å²) in [6.07, 6.45) is 1.72. The summed E-state index contributed by atoms with van der Waals surface area (Å²) in [5, 5.41) is 13.0. The van der Waals surface area contributed by atoms with E-state index in [4.69, 9.17) is 11.0 Å². The molecule has 1 aromatic heterocycles. The van der Waals surface area contributed by atoms with E-state index in [2.05, 4.69) is 27.1 Å². The van der Waals surface area contributed by atoms with Crippen molar-refractivity contribution in [1.29, 1.82) is 5.26 Å². The Kier molecular flexibility index (Phi) is 2.44. The van der Waals surface area contributed by atoms with Crippen LogP contribution in [0.1, 0.15) is 5.56 Å². The fourth-order valence-corrected chi connectivity index (χ4v) is 1.63. The third-order valence-corrected chi connectivity index (χ3v) is 2.43. The van der Waals surface area contributed by atoms with Crippen LogP contribution in [-0.2, 0) is 0 Å². The van der Waals surface area contributed by atoms with Gasteiger partial charge in [0, 0.05) is 16.7 Å². The molecule has 0 radical (unpaired) electrons. The average Bonchev–Trinajstić information content (AvgIpc) is 2.64. The van der Waals surface area contributed by atoms with Gasteiger partial charge in [-0.1, -0.05) is 15.9 Å². The normalized spacial score (nSPS) is 9.87. The van der Waals surface area contributed by atoms with Crippen LogP contribution >= 0.6 is 15.9 Å². The van der Waals surface area contributed by atoms with Gasteiger partial charge in [-0.2, -0.15) is 10.4 Å². The van der Waals surface area contributed by atoms with Crippen LogP contribution in [0.25, 0.3) is 5.69 Å². The lowest BCUT2D eigenvalue weighted by atomic mass is 10.2. The lowest BCUT2D eigenvalue weighted by Gasteiger charge is -2.03. The number of aromatic nitrogens is 2. The van der Waals surface area contributed by atoms with Crippen molar-refractivity contribution in [2.45, 2.75) is 0 Å². The van der Waals surface area contributed by atoms with Crippen LogP contribution in [0.5, 0.6) is 0 Å². The minimum Gasteiger partial charge on any atom is -0.382 e. The van der Waals surface area contributed by atoms with Crippen LogP contribution in [0, 0.1) is 11.3 Å². The summed E-state index contributed by atoms with van der Waals surface area (Å²) >= 11 is 3.31. The summed E-state index contributed by atoms with van der Waals surface area (Å²) in [6.45, 7) is 0. The highest BCUT2D eigenvalue weighted by molar-refractivity contribution is 9.10. The predicted octanol–water partition coefficient (Wildman–Crippen LogP) is 2.09. The summed E-state index contributed by atoms with van der Waals surface area (Å²) in [5.74, 6) is 0.432. The van der Waals surface area contributed by atoms with Gasteiger partial charge in [-0.3, -0.25) is 0 Å². The molecule has 15 heavy (non-hydrogen) atoms. The Hall–Kier alpha value is -1.80. The van der Waals surface area contributed by atoms with Gasteiger partial charge in [-0.15, -0.1) is 0 Å². The molecule has 0 bridgehead atoms. The van der Waals surface area contributed by atoms with Gasteiger partial charge in [0.15, 0.2) is 0 Å². The number of hydrogen-bond acceptors (Lipinski definition) is 3. The summed E-state index contributed by atoms with van der Waals surface area (Å²) < 4.78 is 2.45. The van der Waals surface area contributed by atoms with Crippen LogP contribution in [0.4, 0.5) is 5.82 Å². The number of nitrogens with two attached hydrogens (primary N) is 1. The molecule has 5 heteroatoms. The van der Waals surface area contributed by atoms with Gasteiger partial charge in [0.05, 0.1) is 11.3 Å². The number of halogens is 1. The van der Waals surface area contributed by atoms with Crippen LogP contribution in [0.2, 0.25) is 0 Å². The number of nitrogens with zero attached hydrogens (tertiary/aromatic N) is 3. The Morgan fingerprint density at radius 3 is 2.80 bits per heavy atom. The highest BCUT2D eigenvalue weighted by Crippen LogP contribution is 2.19. The second kappa shape index (κ2) is 3.75. The molecule has 1 heterocycles. The van der Waals surface area contributed by atoms with Crippen molar-refractivity contribution in [3.8, 4) is 11.8 Å². The minimum atomic E-state index is 0.432. The Balaban J connectivity index is 2.58. The van der Waals surface area contributed by atoms with Crippen molar-refractivity contribution in [1.82, 2.24) is 9.78 Å². The molecule has 0 spiro atoms. The molecule has 2 N–H and O–H groups in total. The van der Waals surface area contributed by atoms with Crippen molar-refractivity contribution in [3.05, 3.63) is 40.5 Å². The molecule has 0 aliphatic carbocycles. The molecular weight excluding hydrogens is 256 g/mol. The third-order valence-electron chi connectivity index (χ3n) is 1.94. The maximum atomic E-state index is 8.97. The first-order chi connectivity index (χ1) is 7.20. The van der Waals surface area contributed by atoms with Gasteiger partial charge < -0.3 is 5.73 Å². The van der Waals surface area contributed by atoms with Crippen LogP contribution in [0.15, 0.2) is 34.9 Å². The highest BCUT2D eigenvalue weighted by atomic mass is 79.9. The van der Waals surface area contributed by atoms with Crippen molar-refractivity contribution < 1.29 is 0 Å². The summed E-state index contributed by atoms with van der Waals surface area (Å²) in [6, 6.07) is 9.21. The van der Waals surface area contributed by atoms with Crippen molar-refractivity contribution in [2.24, 2.45) is 0 Å². The molecule has 2 rings (SSSR count). The molecular formula is C10H7BrN4. The van der Waals surface area contributed by atoms with E-state index in [0.29, 0.717) is 11.4 Å². The van der Waals surface area contributed by atoms with Gasteiger partial charge >= 0.3 is 0 Å². The van der Waals surface area contributed by atoms with E-state index in [-0.39, 0.29) is 0 Å². The molecule has 4 nitrogen and oxygen atoms in total. The molecule has 0 amide bonds. The van der Waals surface area contributed by atoms with E-state index >= 15 is 0 Å². The summed E-state index contributed by atoms with van der Waals surface area (Å²) in [7, 11) is 0. The SMILES string of the molecule is N#Cc1cc(Br)ccc1-n1ccc(N)n1. The Morgan fingerprint density at radius 2 is 2.20 bits per heavy atom. The second-order valence-corrected chi connectivity index (χ2v) is 3.87. The van der Waals surface area contributed by atoms with E-state index in [0.717, 1.165) is 10.2 Å². The number of nitriles is 1. The smallest absolute Gasteiger partial charge is 0.145 e.